The molecule has 0 atom stereocenters. The fourth-order valence-electron chi connectivity index (χ4n) is 2.12. The molecule has 1 aromatic rings. The van der Waals surface area contributed by atoms with E-state index in [0.29, 0.717) is 0 Å². The molecule has 0 fully saturated rings. The Morgan fingerprint density at radius 3 is 2.86 bits per heavy atom. The van der Waals surface area contributed by atoms with E-state index in [-0.39, 0.29) is 5.91 Å². The van der Waals surface area contributed by atoms with Gasteiger partial charge in [0, 0.05) is 24.8 Å². The van der Waals surface area contributed by atoms with Crippen LogP contribution in [0, 0.1) is 6.92 Å². The summed E-state index contributed by atoms with van der Waals surface area (Å²) in [7, 11) is 0. The number of nitrogens with zero attached hydrogens (tertiary/aromatic N) is 1. The molecule has 3 heteroatoms. The monoisotopic (exact) mass is 190 g/mol. The maximum Gasteiger partial charge on any atom is 0.223 e. The number of amides is 1. The molecule has 14 heavy (non-hydrogen) atoms. The smallest absolute Gasteiger partial charge is 0.223 e. The van der Waals surface area contributed by atoms with Crippen molar-refractivity contribution in [1.82, 2.24) is 0 Å². The lowest BCUT2D eigenvalue weighted by Gasteiger charge is -2.17. The zero-order chi connectivity index (χ0) is 10.3. The third kappa shape index (κ3) is 1.25. The first-order valence-corrected chi connectivity index (χ1v) is 4.76. The number of hydrogen-bond acceptors (Lipinski definition) is 2. The minimum atomic E-state index is 0.108. The Hall–Kier alpha value is -1.51. The van der Waals surface area contributed by atoms with Crippen molar-refractivity contribution in [3.05, 3.63) is 23.3 Å². The number of anilines is 2. The van der Waals surface area contributed by atoms with E-state index >= 15 is 0 Å². The van der Waals surface area contributed by atoms with Crippen molar-refractivity contribution in [2.75, 3.05) is 17.2 Å². The predicted molar refractivity (Wildman–Crippen MR) is 57.3 cm³/mol. The summed E-state index contributed by atoms with van der Waals surface area (Å²) in [6.45, 7) is 4.39. The van der Waals surface area contributed by atoms with Crippen LogP contribution in [0.2, 0.25) is 0 Å². The lowest BCUT2D eigenvalue weighted by atomic mass is 10.1. The molecule has 1 heterocycles. The third-order valence-electron chi connectivity index (χ3n) is 2.66. The maximum atomic E-state index is 11.3. The second-order valence-corrected chi connectivity index (χ2v) is 3.77. The fourth-order valence-corrected chi connectivity index (χ4v) is 2.12. The topological polar surface area (TPSA) is 46.3 Å². The lowest BCUT2D eigenvalue weighted by Crippen LogP contribution is -2.26. The first-order chi connectivity index (χ1) is 6.59. The van der Waals surface area contributed by atoms with Gasteiger partial charge in [0.05, 0.1) is 0 Å². The molecular formula is C11H14N2O. The maximum absolute atomic E-state index is 11.3. The third-order valence-corrected chi connectivity index (χ3v) is 2.66. The molecule has 1 aliphatic heterocycles. The van der Waals surface area contributed by atoms with Gasteiger partial charge in [0.15, 0.2) is 0 Å². The Balaban J connectivity index is 2.54. The summed E-state index contributed by atoms with van der Waals surface area (Å²) < 4.78 is 0. The van der Waals surface area contributed by atoms with E-state index in [1.165, 1.54) is 5.56 Å². The molecule has 0 saturated heterocycles. The standard InChI is InChI=1S/C11H14N2O/c1-7-5-10(12)6-9-3-4-13(8(2)14)11(7)9/h5-6H,3-4,12H2,1-2H3. The molecule has 2 N–H and O–H groups in total. The Labute approximate surface area is 83.5 Å². The minimum Gasteiger partial charge on any atom is -0.399 e. The largest absolute Gasteiger partial charge is 0.399 e. The highest BCUT2D eigenvalue weighted by molar-refractivity contribution is 5.95. The normalized spacial score (nSPS) is 14.3. The van der Waals surface area contributed by atoms with Gasteiger partial charge in [0.25, 0.3) is 0 Å². The summed E-state index contributed by atoms with van der Waals surface area (Å²) in [5.41, 5.74) is 9.88. The molecule has 0 unspecified atom stereocenters. The Morgan fingerprint density at radius 2 is 2.21 bits per heavy atom. The van der Waals surface area contributed by atoms with Gasteiger partial charge in [-0.1, -0.05) is 0 Å². The van der Waals surface area contributed by atoms with Crippen molar-refractivity contribution in [3.8, 4) is 0 Å². The summed E-state index contributed by atoms with van der Waals surface area (Å²) in [4.78, 5) is 13.2. The molecule has 1 amide bonds. The molecule has 0 spiro atoms. The quantitative estimate of drug-likeness (QED) is 0.630. The van der Waals surface area contributed by atoms with Gasteiger partial charge in [-0.25, -0.2) is 0 Å². The van der Waals surface area contributed by atoms with Gasteiger partial charge in [0.2, 0.25) is 5.91 Å². The van der Waals surface area contributed by atoms with E-state index in [9.17, 15) is 4.79 Å². The van der Waals surface area contributed by atoms with Gasteiger partial charge in [-0.05, 0) is 36.6 Å². The van der Waals surface area contributed by atoms with E-state index < -0.39 is 0 Å². The van der Waals surface area contributed by atoms with Crippen molar-refractivity contribution in [2.24, 2.45) is 0 Å². The molecule has 3 nitrogen and oxygen atoms in total. The highest BCUT2D eigenvalue weighted by Gasteiger charge is 2.23. The van der Waals surface area contributed by atoms with Crippen molar-refractivity contribution in [1.29, 1.82) is 0 Å². The SMILES string of the molecule is CC(=O)N1CCc2cc(N)cc(C)c21. The number of fused-ring (bicyclic) bond motifs is 1. The number of aryl methyl sites for hydroxylation is 1. The Morgan fingerprint density at radius 1 is 1.50 bits per heavy atom. The van der Waals surface area contributed by atoms with Crippen LogP contribution < -0.4 is 10.6 Å². The molecule has 0 aliphatic carbocycles. The summed E-state index contributed by atoms with van der Waals surface area (Å²) in [5, 5.41) is 0. The van der Waals surface area contributed by atoms with Gasteiger partial charge < -0.3 is 10.6 Å². The molecule has 0 radical (unpaired) electrons. The molecule has 0 saturated carbocycles. The van der Waals surface area contributed by atoms with E-state index in [1.54, 1.807) is 6.92 Å². The molecular weight excluding hydrogens is 176 g/mol. The Bertz CT molecular complexity index is 399. The molecule has 1 aromatic carbocycles. The van der Waals surface area contributed by atoms with Crippen LogP contribution in [0.3, 0.4) is 0 Å². The highest BCUT2D eigenvalue weighted by atomic mass is 16.2. The van der Waals surface area contributed by atoms with Gasteiger partial charge in [-0.15, -0.1) is 0 Å². The van der Waals surface area contributed by atoms with Crippen molar-refractivity contribution >= 4 is 17.3 Å². The first kappa shape index (κ1) is 9.06. The van der Waals surface area contributed by atoms with Gasteiger partial charge in [0.1, 0.15) is 0 Å². The van der Waals surface area contributed by atoms with E-state index in [1.807, 2.05) is 24.0 Å². The van der Waals surface area contributed by atoms with E-state index in [4.69, 9.17) is 5.73 Å². The highest BCUT2D eigenvalue weighted by Crippen LogP contribution is 2.33. The number of rotatable bonds is 0. The number of hydrogen-bond donors (Lipinski definition) is 1. The average molecular weight is 190 g/mol. The minimum absolute atomic E-state index is 0.108. The second-order valence-electron chi connectivity index (χ2n) is 3.77. The Kier molecular flexibility index (Phi) is 1.95. The van der Waals surface area contributed by atoms with Crippen LogP contribution in [-0.2, 0) is 11.2 Å². The second kappa shape index (κ2) is 3.01. The molecule has 1 aliphatic rings. The van der Waals surface area contributed by atoms with Crippen LogP contribution in [0.15, 0.2) is 12.1 Å². The van der Waals surface area contributed by atoms with Crippen LogP contribution in [0.25, 0.3) is 0 Å². The van der Waals surface area contributed by atoms with Crippen LogP contribution in [0.5, 0.6) is 0 Å². The summed E-state index contributed by atoms with van der Waals surface area (Å²) in [6.07, 6.45) is 0.917. The number of nitrogens with two attached hydrogens (primary N) is 1. The van der Waals surface area contributed by atoms with Crippen LogP contribution in [-0.4, -0.2) is 12.5 Å². The molecule has 0 aromatic heterocycles. The molecule has 2 rings (SSSR count). The zero-order valence-corrected chi connectivity index (χ0v) is 8.50. The number of nitrogen functional groups attached to an aromatic ring is 1. The first-order valence-electron chi connectivity index (χ1n) is 4.76. The summed E-state index contributed by atoms with van der Waals surface area (Å²) in [5.74, 6) is 0.108. The van der Waals surface area contributed by atoms with E-state index in [0.717, 1.165) is 29.9 Å². The van der Waals surface area contributed by atoms with Crippen molar-refractivity contribution in [2.45, 2.75) is 20.3 Å². The van der Waals surface area contributed by atoms with Crippen LogP contribution in [0.4, 0.5) is 11.4 Å². The number of carbonyl (C=O) groups excluding carboxylic acids is 1. The van der Waals surface area contributed by atoms with Crippen molar-refractivity contribution in [3.63, 3.8) is 0 Å². The van der Waals surface area contributed by atoms with Gasteiger partial charge >= 0.3 is 0 Å². The number of benzene rings is 1. The van der Waals surface area contributed by atoms with Crippen LogP contribution >= 0.6 is 0 Å². The van der Waals surface area contributed by atoms with Gasteiger partial charge in [-0.3, -0.25) is 4.79 Å². The van der Waals surface area contributed by atoms with Crippen molar-refractivity contribution < 1.29 is 4.79 Å². The average Bonchev–Trinajstić information content (AvgIpc) is 2.47. The fraction of sp³-hybridized carbons (Fsp3) is 0.364. The number of carbonyl (C=O) groups is 1. The van der Waals surface area contributed by atoms with E-state index in [2.05, 4.69) is 0 Å². The van der Waals surface area contributed by atoms with Gasteiger partial charge in [-0.2, -0.15) is 0 Å². The van der Waals surface area contributed by atoms with Crippen LogP contribution in [0.1, 0.15) is 18.1 Å². The summed E-state index contributed by atoms with van der Waals surface area (Å²) in [6, 6.07) is 3.88. The predicted octanol–water partition coefficient (Wildman–Crippen LogP) is 1.49. The molecule has 74 valence electrons. The summed E-state index contributed by atoms with van der Waals surface area (Å²) >= 11 is 0. The zero-order valence-electron chi connectivity index (χ0n) is 8.50. The molecule has 0 bridgehead atoms. The lowest BCUT2D eigenvalue weighted by molar-refractivity contribution is -0.116.